The first-order chi connectivity index (χ1) is 57.5. The second-order valence-electron chi connectivity index (χ2n) is 29.8. The van der Waals surface area contributed by atoms with Crippen LogP contribution in [0.2, 0.25) is 0 Å². The van der Waals surface area contributed by atoms with Gasteiger partial charge in [-0.05, 0) is 216 Å². The minimum absolute atomic E-state index is 0. The van der Waals surface area contributed by atoms with E-state index in [1.54, 1.807) is 24.3 Å². The van der Waals surface area contributed by atoms with Crippen LogP contribution in [0.4, 0.5) is 45.5 Å². The molecule has 6 aromatic carbocycles. The van der Waals surface area contributed by atoms with Crippen molar-refractivity contribution in [1.82, 2.24) is 4.48 Å². The van der Waals surface area contributed by atoms with Gasteiger partial charge in [-0.3, -0.25) is 61.7 Å². The molecule has 0 bridgehead atoms. The molecule has 1 N–H and O–H groups in total. The summed E-state index contributed by atoms with van der Waals surface area (Å²) >= 11 is 5.15. The molecule has 0 heterocycles. The number of unbranched alkanes of at least 4 members (excludes halogenated alkanes) is 16. The van der Waals surface area contributed by atoms with E-state index in [2.05, 4.69) is 114 Å². The number of carbonyl (C=O) groups is 8. The number of nitrogens with zero attached hydrogens (tertiary/aromatic N) is 7. The van der Waals surface area contributed by atoms with Crippen molar-refractivity contribution >= 4 is 124 Å². The fraction of sp³-hybridized carbons (Fsp3) is 0.542. The smallest absolute Gasteiger partial charge is 1.00 e. The van der Waals surface area contributed by atoms with E-state index < -0.39 is 20.2 Å². The van der Waals surface area contributed by atoms with Gasteiger partial charge in [0.25, 0.3) is 10.1 Å². The van der Waals surface area contributed by atoms with Gasteiger partial charge in [0.2, 0.25) is 46.6 Å². The van der Waals surface area contributed by atoms with Gasteiger partial charge >= 0.3 is 29.6 Å². The van der Waals surface area contributed by atoms with E-state index >= 15 is 0 Å². The van der Waals surface area contributed by atoms with Gasteiger partial charge in [-0.25, -0.2) is 8.42 Å². The molecule has 22 nitrogen and oxygen atoms in total. The third kappa shape index (κ3) is 47.4. The number of quaternary nitrogens is 1. The molecule has 0 atom stereocenters. The Hall–Kier alpha value is -7.65. The van der Waals surface area contributed by atoms with Gasteiger partial charge in [-0.15, -0.1) is 0 Å². The molecular weight excluding hydrogens is 1610 g/mol. The van der Waals surface area contributed by atoms with E-state index in [0.717, 1.165) is 163 Å². The average molecular weight is 1760 g/mol. The van der Waals surface area contributed by atoms with Crippen LogP contribution in [-0.2, 0) is 62.8 Å². The maximum absolute atomic E-state index is 12.5. The molecule has 0 saturated carbocycles. The molecule has 678 valence electrons. The third-order valence-corrected chi connectivity index (χ3v) is 22.7. The topological polar surface area (TPSA) is 269 Å². The first kappa shape index (κ1) is 116. The molecule has 0 spiro atoms. The number of hydrogen-bond acceptors (Lipinski definition) is 17. The van der Waals surface area contributed by atoms with Crippen LogP contribution >= 0.6 is 11.6 Å². The van der Waals surface area contributed by atoms with Gasteiger partial charge < -0.3 is 26.0 Å². The van der Waals surface area contributed by atoms with E-state index in [1.165, 1.54) is 136 Å². The van der Waals surface area contributed by atoms with Crippen molar-refractivity contribution in [3.05, 3.63) is 157 Å². The number of benzene rings is 6. The van der Waals surface area contributed by atoms with Crippen LogP contribution in [0, 0.1) is 13.8 Å². The molecule has 0 fully saturated rings. The first-order valence-electron chi connectivity index (χ1n) is 43.9. The fourth-order valence-corrected chi connectivity index (χ4v) is 14.0. The number of halogens is 1. The standard InChI is InChI=1S/C21H35N2O2.2C20H32N2O2.C12H18N2O.C8H15ClO.C8H10O3S.C7H8O3S.Na.H/c1-6-9-10-11-12-13-21(25)22(18(4)24)19-14-16-20(17-15-19)23(5,7-2)8-3;2*1-5-8-9-10-11-12-20(24)22(17(4)23)19-15-13-18(14-16-19)21(6-2)7-3;1-4-14(5-2)12-8-6-11(7-9-12)13-10(3)15;1-2-3-4-5-6-7-8(9)10;1-7-3-5-8(6-4-7)12(9,10)11-2;1-6-2-4-7(5-3-6)11(8,9)10;;/h14-17H,6-13H2,1-5H3;2*13-16H,5-12H2,1-4H3;6-9H,4-5H2,1-3H3,(H,13,15);2-7H2,1H3;3-6H,1-2H3;2-5H,1H3,(H,8,9,10);;/q+1;;;;;;;+1;-1/p-1. The monoisotopic (exact) mass is 1760 g/mol. The van der Waals surface area contributed by atoms with Gasteiger partial charge in [0, 0.05) is 128 Å². The van der Waals surface area contributed by atoms with Crippen LogP contribution in [0.1, 0.15) is 277 Å². The van der Waals surface area contributed by atoms with E-state index in [4.69, 9.17) is 11.6 Å². The number of aryl methyl sites for hydroxylation is 2. The zero-order chi connectivity index (χ0) is 91.5. The molecule has 6 aromatic rings. The summed E-state index contributed by atoms with van der Waals surface area (Å²) in [5.41, 5.74) is 9.40. The average Bonchev–Trinajstić information content (AvgIpc) is 0.454. The Morgan fingerprint density at radius 2 is 0.631 bits per heavy atom. The van der Waals surface area contributed by atoms with Gasteiger partial charge in [-0.2, -0.15) is 8.42 Å². The summed E-state index contributed by atoms with van der Waals surface area (Å²) < 4.78 is 58.5. The van der Waals surface area contributed by atoms with Crippen molar-refractivity contribution in [3.8, 4) is 0 Å². The van der Waals surface area contributed by atoms with Crippen LogP contribution in [0.5, 0.6) is 0 Å². The second-order valence-corrected chi connectivity index (χ2v) is 33.3. The van der Waals surface area contributed by atoms with Crippen LogP contribution in [0.15, 0.2) is 155 Å². The Bertz CT molecular complexity index is 4040. The Morgan fingerprint density at radius 1 is 0.377 bits per heavy atom. The molecule has 0 aliphatic carbocycles. The summed E-state index contributed by atoms with van der Waals surface area (Å²) in [6, 6.07) is 43.4. The Morgan fingerprint density at radius 3 is 0.869 bits per heavy atom. The van der Waals surface area contributed by atoms with E-state index in [0.29, 0.717) is 42.7 Å². The van der Waals surface area contributed by atoms with Crippen molar-refractivity contribution in [1.29, 1.82) is 0 Å². The van der Waals surface area contributed by atoms with Crippen molar-refractivity contribution < 1.29 is 94.9 Å². The normalized spacial score (nSPS) is 10.6. The summed E-state index contributed by atoms with van der Waals surface area (Å²) in [6.07, 6.45) is 24.0. The second kappa shape index (κ2) is 66.8. The molecule has 0 aliphatic heterocycles. The molecule has 0 saturated heterocycles. The number of rotatable bonds is 43. The molecule has 0 aliphatic rings. The minimum atomic E-state index is -4.27. The summed E-state index contributed by atoms with van der Waals surface area (Å²) in [6.45, 7) is 43.1. The van der Waals surface area contributed by atoms with Crippen LogP contribution in [-0.4, -0.2) is 134 Å². The zero-order valence-corrected chi connectivity index (χ0v) is 82.4. The number of nitrogens with one attached hydrogen (secondary N) is 1. The third-order valence-electron chi connectivity index (χ3n) is 20.4. The summed E-state index contributed by atoms with van der Waals surface area (Å²) in [5, 5.41) is 2.55. The van der Waals surface area contributed by atoms with Crippen molar-refractivity contribution in [2.45, 2.75) is 289 Å². The summed E-state index contributed by atoms with van der Waals surface area (Å²) in [4.78, 5) is 105. The van der Waals surface area contributed by atoms with Gasteiger partial charge in [0.05, 0.1) is 54.1 Å². The van der Waals surface area contributed by atoms with Crippen molar-refractivity contribution in [2.75, 3.05) is 101 Å². The maximum Gasteiger partial charge on any atom is 1.00 e. The number of amides is 7. The van der Waals surface area contributed by atoms with Gasteiger partial charge in [0.15, 0.2) is 0 Å². The van der Waals surface area contributed by atoms with Gasteiger partial charge in [0.1, 0.15) is 15.8 Å². The molecule has 122 heavy (non-hydrogen) atoms. The maximum atomic E-state index is 12.5. The fourth-order valence-electron chi connectivity index (χ4n) is 12.8. The number of imide groups is 3. The van der Waals surface area contributed by atoms with Crippen molar-refractivity contribution in [2.24, 2.45) is 0 Å². The molecule has 26 heteroatoms. The van der Waals surface area contributed by atoms with Crippen LogP contribution in [0.3, 0.4) is 0 Å². The van der Waals surface area contributed by atoms with E-state index in [1.807, 2.05) is 111 Å². The Balaban J connectivity index is -0.00000140. The SMILES string of the molecule is CCCCCCCC(=O)Cl.CCCCCCCC(=O)N(C(C)=O)c1ccc(N(CC)CC)cc1.CCCCCCCC(=O)N(C(C)=O)c1ccc(N(CC)CC)cc1.CCCCCCCC(=O)N(C(C)=O)c1ccc([N+](C)(CC)CC)cc1.CCN(CC)c1ccc(NC(C)=O)cc1.COS(=O)(=O)c1ccc(C)cc1.Cc1ccc(S(=O)(=O)[O-])cc1.[H-].[Na+]. The minimum Gasteiger partial charge on any atom is -1.00 e. The molecule has 0 aromatic heterocycles. The van der Waals surface area contributed by atoms with Crippen LogP contribution in [0.25, 0.3) is 0 Å². The number of hydrogen-bond donors (Lipinski definition) is 1. The summed E-state index contributed by atoms with van der Waals surface area (Å²) in [5.74, 6) is -0.988. The van der Waals surface area contributed by atoms with Crippen LogP contribution < -0.4 is 68.8 Å². The molecule has 0 radical (unpaired) electrons. The number of carbonyl (C=O) groups excluding carboxylic acids is 8. The van der Waals surface area contributed by atoms with Crippen molar-refractivity contribution in [3.63, 3.8) is 0 Å². The van der Waals surface area contributed by atoms with Gasteiger partial charge in [-0.1, -0.05) is 166 Å². The summed E-state index contributed by atoms with van der Waals surface area (Å²) in [7, 11) is -4.44. The number of anilines is 7. The molecule has 7 amide bonds. The predicted octanol–water partition coefficient (Wildman–Crippen LogP) is 19.4. The predicted molar refractivity (Wildman–Crippen MR) is 504 cm³/mol. The zero-order valence-electron chi connectivity index (χ0n) is 79.0. The Kier molecular flexibility index (Phi) is 63.7. The quantitative estimate of drug-likeness (QED) is 0.00930. The van der Waals surface area contributed by atoms with E-state index in [-0.39, 0.29) is 87.4 Å². The molecular formula is C96H150ClN8NaO14S2. The molecule has 0 unspecified atom stereocenters. The van der Waals surface area contributed by atoms with E-state index in [9.17, 15) is 59.7 Å². The largest absolute Gasteiger partial charge is 1.00 e. The first-order valence-corrected chi connectivity index (χ1v) is 47.0. The molecule has 6 rings (SSSR count). The Labute approximate surface area is 764 Å².